The minimum atomic E-state index is -0.412. The first-order valence-corrected chi connectivity index (χ1v) is 4.90. The van der Waals surface area contributed by atoms with Crippen molar-refractivity contribution in [3.8, 4) is 5.75 Å². The maximum atomic E-state index is 13.4. The van der Waals surface area contributed by atoms with Gasteiger partial charge >= 0.3 is 0 Å². The molecule has 84 valence electrons. The van der Waals surface area contributed by atoms with E-state index >= 15 is 0 Å². The van der Waals surface area contributed by atoms with Gasteiger partial charge in [-0.05, 0) is 31.5 Å². The van der Waals surface area contributed by atoms with Gasteiger partial charge in [-0.25, -0.2) is 4.39 Å². The Morgan fingerprint density at radius 1 is 1.47 bits per heavy atom. The molecule has 2 N–H and O–H groups in total. The van der Waals surface area contributed by atoms with Crippen molar-refractivity contribution in [2.45, 2.75) is 19.9 Å². The number of hydrogen-bond donors (Lipinski definition) is 1. The maximum Gasteiger partial charge on any atom is 0.189 e. The van der Waals surface area contributed by atoms with Crippen LogP contribution >= 0.6 is 0 Å². The molecule has 0 bridgehead atoms. The minimum Gasteiger partial charge on any atom is -0.464 e. The SMILES string of the molecule is CCOCOc1ccc([C@@H](C)N)cc1F. The summed E-state index contributed by atoms with van der Waals surface area (Å²) in [7, 11) is 0. The molecule has 0 radical (unpaired) electrons. The average Bonchev–Trinajstić information content (AvgIpc) is 2.20. The molecule has 1 atom stereocenters. The van der Waals surface area contributed by atoms with E-state index in [-0.39, 0.29) is 18.6 Å². The normalized spacial score (nSPS) is 12.5. The fourth-order valence-corrected chi connectivity index (χ4v) is 1.11. The van der Waals surface area contributed by atoms with Crippen LogP contribution in [0.3, 0.4) is 0 Å². The quantitative estimate of drug-likeness (QED) is 0.602. The summed E-state index contributed by atoms with van der Waals surface area (Å²) in [6.07, 6.45) is 0. The molecule has 4 heteroatoms. The van der Waals surface area contributed by atoms with E-state index in [0.717, 1.165) is 5.56 Å². The van der Waals surface area contributed by atoms with Gasteiger partial charge in [-0.3, -0.25) is 0 Å². The summed E-state index contributed by atoms with van der Waals surface area (Å²) in [6, 6.07) is 4.51. The number of halogens is 1. The van der Waals surface area contributed by atoms with Gasteiger partial charge in [-0.2, -0.15) is 0 Å². The summed E-state index contributed by atoms with van der Waals surface area (Å²) >= 11 is 0. The molecule has 0 spiro atoms. The Balaban J connectivity index is 2.66. The van der Waals surface area contributed by atoms with Crippen molar-refractivity contribution in [3.05, 3.63) is 29.6 Å². The summed E-state index contributed by atoms with van der Waals surface area (Å²) in [4.78, 5) is 0. The fourth-order valence-electron chi connectivity index (χ4n) is 1.11. The van der Waals surface area contributed by atoms with Crippen molar-refractivity contribution in [1.82, 2.24) is 0 Å². The van der Waals surface area contributed by atoms with E-state index in [4.69, 9.17) is 15.2 Å². The second-order valence-electron chi connectivity index (χ2n) is 3.23. The molecule has 15 heavy (non-hydrogen) atoms. The Hall–Kier alpha value is -1.13. The molecule has 0 amide bonds. The molecule has 0 aliphatic rings. The molecular weight excluding hydrogens is 197 g/mol. The summed E-state index contributed by atoms with van der Waals surface area (Å²) < 4.78 is 23.4. The molecule has 0 saturated heterocycles. The highest BCUT2D eigenvalue weighted by atomic mass is 19.1. The monoisotopic (exact) mass is 213 g/mol. The van der Waals surface area contributed by atoms with Gasteiger partial charge in [-0.1, -0.05) is 6.07 Å². The van der Waals surface area contributed by atoms with E-state index in [1.54, 1.807) is 19.1 Å². The Morgan fingerprint density at radius 3 is 2.73 bits per heavy atom. The van der Waals surface area contributed by atoms with Crippen molar-refractivity contribution < 1.29 is 13.9 Å². The van der Waals surface area contributed by atoms with Gasteiger partial charge in [0.2, 0.25) is 0 Å². The number of ether oxygens (including phenoxy) is 2. The molecule has 0 aliphatic heterocycles. The molecular formula is C11H16FNO2. The van der Waals surface area contributed by atoms with Crippen LogP contribution in [0.1, 0.15) is 25.5 Å². The van der Waals surface area contributed by atoms with E-state index < -0.39 is 5.82 Å². The Morgan fingerprint density at radius 2 is 2.20 bits per heavy atom. The lowest BCUT2D eigenvalue weighted by atomic mass is 10.1. The van der Waals surface area contributed by atoms with Gasteiger partial charge in [-0.15, -0.1) is 0 Å². The molecule has 0 aromatic heterocycles. The first-order valence-electron chi connectivity index (χ1n) is 4.90. The lowest BCUT2D eigenvalue weighted by Crippen LogP contribution is -2.07. The van der Waals surface area contributed by atoms with E-state index in [1.165, 1.54) is 6.07 Å². The van der Waals surface area contributed by atoms with Crippen molar-refractivity contribution >= 4 is 0 Å². The van der Waals surface area contributed by atoms with Crippen LogP contribution in [-0.2, 0) is 4.74 Å². The van der Waals surface area contributed by atoms with Crippen LogP contribution in [-0.4, -0.2) is 13.4 Å². The van der Waals surface area contributed by atoms with Crippen LogP contribution in [0.2, 0.25) is 0 Å². The van der Waals surface area contributed by atoms with Crippen LogP contribution in [0.25, 0.3) is 0 Å². The molecule has 1 rings (SSSR count). The van der Waals surface area contributed by atoms with Gasteiger partial charge < -0.3 is 15.2 Å². The number of benzene rings is 1. The molecule has 1 aromatic carbocycles. The molecule has 0 fully saturated rings. The first kappa shape index (κ1) is 11.9. The summed E-state index contributed by atoms with van der Waals surface area (Å²) in [5.74, 6) is -0.225. The lowest BCUT2D eigenvalue weighted by Gasteiger charge is -2.10. The minimum absolute atomic E-state index is 0.0605. The largest absolute Gasteiger partial charge is 0.464 e. The van der Waals surface area contributed by atoms with Gasteiger partial charge in [0.1, 0.15) is 0 Å². The van der Waals surface area contributed by atoms with Gasteiger partial charge in [0.05, 0.1) is 0 Å². The third-order valence-electron chi connectivity index (χ3n) is 1.98. The molecule has 1 aromatic rings. The third-order valence-corrected chi connectivity index (χ3v) is 1.98. The highest BCUT2D eigenvalue weighted by molar-refractivity contribution is 5.30. The van der Waals surface area contributed by atoms with E-state index in [1.807, 2.05) is 6.92 Å². The maximum absolute atomic E-state index is 13.4. The fraction of sp³-hybridized carbons (Fsp3) is 0.455. The molecule has 0 aliphatic carbocycles. The zero-order valence-electron chi connectivity index (χ0n) is 9.00. The number of nitrogens with two attached hydrogens (primary N) is 1. The van der Waals surface area contributed by atoms with Gasteiger partial charge in [0.15, 0.2) is 18.4 Å². The third kappa shape index (κ3) is 3.49. The molecule has 0 heterocycles. The highest BCUT2D eigenvalue weighted by Gasteiger charge is 2.06. The molecule has 0 saturated carbocycles. The smallest absolute Gasteiger partial charge is 0.189 e. The van der Waals surface area contributed by atoms with Crippen LogP contribution < -0.4 is 10.5 Å². The van der Waals surface area contributed by atoms with Gasteiger partial charge in [0.25, 0.3) is 0 Å². The zero-order valence-corrected chi connectivity index (χ0v) is 9.00. The Kier molecular flexibility index (Phi) is 4.52. The predicted octanol–water partition coefficient (Wildman–Crippen LogP) is 2.22. The summed E-state index contributed by atoms with van der Waals surface area (Å²) in [6.45, 7) is 4.25. The predicted molar refractivity (Wildman–Crippen MR) is 56.1 cm³/mol. The van der Waals surface area contributed by atoms with Crippen LogP contribution in [0.4, 0.5) is 4.39 Å². The Labute approximate surface area is 89.0 Å². The van der Waals surface area contributed by atoms with Crippen molar-refractivity contribution in [2.24, 2.45) is 5.73 Å². The number of rotatable bonds is 5. The van der Waals surface area contributed by atoms with Crippen molar-refractivity contribution in [3.63, 3.8) is 0 Å². The topological polar surface area (TPSA) is 44.5 Å². The van der Waals surface area contributed by atoms with Crippen LogP contribution in [0.15, 0.2) is 18.2 Å². The van der Waals surface area contributed by atoms with E-state index in [0.29, 0.717) is 6.61 Å². The van der Waals surface area contributed by atoms with Crippen molar-refractivity contribution in [2.75, 3.05) is 13.4 Å². The Bertz CT molecular complexity index is 315. The first-order chi connectivity index (χ1) is 7.15. The molecule has 0 unspecified atom stereocenters. The lowest BCUT2D eigenvalue weighted by molar-refractivity contribution is 0.0201. The highest BCUT2D eigenvalue weighted by Crippen LogP contribution is 2.20. The van der Waals surface area contributed by atoms with Crippen LogP contribution in [0, 0.1) is 5.82 Å². The van der Waals surface area contributed by atoms with E-state index in [2.05, 4.69) is 0 Å². The molecule has 3 nitrogen and oxygen atoms in total. The standard InChI is InChI=1S/C11H16FNO2/c1-3-14-7-15-11-5-4-9(8(2)13)6-10(11)12/h4-6,8H,3,7,13H2,1-2H3/t8-/m1/s1. The second-order valence-corrected chi connectivity index (χ2v) is 3.23. The average molecular weight is 213 g/mol. The van der Waals surface area contributed by atoms with Gasteiger partial charge in [0, 0.05) is 12.6 Å². The van der Waals surface area contributed by atoms with Crippen molar-refractivity contribution in [1.29, 1.82) is 0 Å². The number of hydrogen-bond acceptors (Lipinski definition) is 3. The zero-order chi connectivity index (χ0) is 11.3. The van der Waals surface area contributed by atoms with E-state index in [9.17, 15) is 4.39 Å². The van der Waals surface area contributed by atoms with Crippen LogP contribution in [0.5, 0.6) is 5.75 Å². The summed E-state index contributed by atoms with van der Waals surface area (Å²) in [5, 5.41) is 0. The summed E-state index contributed by atoms with van der Waals surface area (Å²) in [5.41, 5.74) is 6.37. The second kappa shape index (κ2) is 5.68.